The highest BCUT2D eigenvalue weighted by molar-refractivity contribution is 8.14. The summed E-state index contributed by atoms with van der Waals surface area (Å²) in [5.41, 5.74) is 0. The van der Waals surface area contributed by atoms with Gasteiger partial charge in [0, 0.05) is 26.4 Å². The van der Waals surface area contributed by atoms with Crippen LogP contribution in [0.5, 0.6) is 0 Å². The van der Waals surface area contributed by atoms with Crippen molar-refractivity contribution in [2.75, 3.05) is 46.9 Å². The van der Waals surface area contributed by atoms with E-state index in [1.54, 1.807) is 11.9 Å². The van der Waals surface area contributed by atoms with Crippen LogP contribution in [0.15, 0.2) is 12.7 Å². The van der Waals surface area contributed by atoms with E-state index in [0.717, 1.165) is 6.54 Å². The van der Waals surface area contributed by atoms with Crippen molar-refractivity contribution in [3.63, 3.8) is 0 Å². The summed E-state index contributed by atoms with van der Waals surface area (Å²) < 4.78 is 5.28. The van der Waals surface area contributed by atoms with E-state index >= 15 is 0 Å². The summed E-state index contributed by atoms with van der Waals surface area (Å²) in [7, 11) is 3.70. The van der Waals surface area contributed by atoms with Crippen molar-refractivity contribution in [2.45, 2.75) is 24.8 Å². The van der Waals surface area contributed by atoms with Gasteiger partial charge in [0.15, 0.2) is 11.3 Å². The number of nitrogens with zero attached hydrogens (tertiary/aromatic N) is 3. The number of carbonyl (C=O) groups is 3. The first-order valence-electron chi connectivity index (χ1n) is 8.06. The van der Waals surface area contributed by atoms with Gasteiger partial charge >= 0.3 is 6.09 Å². The lowest BCUT2D eigenvalue weighted by Crippen LogP contribution is -2.64. The molecule has 0 aliphatic carbocycles. The van der Waals surface area contributed by atoms with Crippen molar-refractivity contribution >= 4 is 28.9 Å². The lowest BCUT2D eigenvalue weighted by Gasteiger charge is -2.41. The lowest BCUT2D eigenvalue weighted by atomic mass is 10.2. The monoisotopic (exact) mass is 356 g/mol. The van der Waals surface area contributed by atoms with Gasteiger partial charge in [0.2, 0.25) is 5.91 Å². The number of amides is 2. The van der Waals surface area contributed by atoms with Gasteiger partial charge in [0.25, 0.3) is 0 Å². The Hall–Kier alpha value is -1.38. The quantitative estimate of drug-likeness (QED) is 0.551. The van der Waals surface area contributed by atoms with Gasteiger partial charge in [-0.3, -0.25) is 19.4 Å². The number of hydrogen-bond acceptors (Lipinski definition) is 6. The molecule has 0 spiro atoms. The Balaban J connectivity index is 2.22. The van der Waals surface area contributed by atoms with Crippen LogP contribution >= 0.6 is 11.8 Å². The smallest absolute Gasteiger partial charge is 0.416 e. The molecule has 0 radical (unpaired) electrons. The highest BCUT2D eigenvalue weighted by Gasteiger charge is 2.55. The van der Waals surface area contributed by atoms with Gasteiger partial charge in [-0.2, -0.15) is 4.79 Å². The summed E-state index contributed by atoms with van der Waals surface area (Å²) in [6, 6.07) is 0. The van der Waals surface area contributed by atoms with Crippen molar-refractivity contribution in [1.29, 1.82) is 0 Å². The molecule has 2 fully saturated rings. The van der Waals surface area contributed by atoms with Crippen LogP contribution < -0.4 is 0 Å². The van der Waals surface area contributed by atoms with Crippen molar-refractivity contribution < 1.29 is 23.6 Å². The molecule has 7 nitrogen and oxygen atoms in total. The molecule has 1 unspecified atom stereocenters. The molecular formula is C16H26N3O4S+. The standard InChI is InChI=1S/C16H26N3O4S/c1-5-8-23-16(22)19(4)11-13(24-12(2)20)9-14(19)18-7-6-17(3)10-15(18)21/h5,13-14H,1,6-11H2,2-4H3/q+1/t13-,14-,19?/m0/s1. The molecule has 0 saturated carbocycles. The van der Waals surface area contributed by atoms with E-state index in [1.807, 2.05) is 11.9 Å². The second-order valence-corrected chi connectivity index (χ2v) is 8.07. The third kappa shape index (κ3) is 3.99. The van der Waals surface area contributed by atoms with Crippen LogP contribution in [0, 0.1) is 0 Å². The predicted molar refractivity (Wildman–Crippen MR) is 92.3 cm³/mol. The van der Waals surface area contributed by atoms with Crippen LogP contribution in [0.25, 0.3) is 0 Å². The molecule has 2 amide bonds. The number of hydrogen-bond donors (Lipinski definition) is 0. The number of carbonyl (C=O) groups excluding carboxylic acids is 3. The van der Waals surface area contributed by atoms with E-state index in [9.17, 15) is 14.4 Å². The SMILES string of the molecule is C=CCOC(=O)[N+]1(C)C[C@@H](SC(C)=O)C[C@H]1N1CCN(C)CC1=O. The van der Waals surface area contributed by atoms with Gasteiger partial charge in [0.05, 0.1) is 18.8 Å². The number of likely N-dealkylation sites (N-methyl/N-ethyl adjacent to an activating group) is 1. The zero-order valence-electron chi connectivity index (χ0n) is 14.6. The van der Waals surface area contributed by atoms with Crippen LogP contribution in [0.3, 0.4) is 0 Å². The van der Waals surface area contributed by atoms with E-state index in [2.05, 4.69) is 6.58 Å². The van der Waals surface area contributed by atoms with Crippen LogP contribution in [-0.4, -0.2) is 89.7 Å². The summed E-state index contributed by atoms with van der Waals surface area (Å²) >= 11 is 1.24. The molecule has 2 aliphatic heterocycles. The minimum absolute atomic E-state index is 0.00115. The predicted octanol–water partition coefficient (Wildman–Crippen LogP) is 0.908. The Morgan fingerprint density at radius 2 is 2.17 bits per heavy atom. The van der Waals surface area contributed by atoms with Crippen molar-refractivity contribution in [3.8, 4) is 0 Å². The first kappa shape index (κ1) is 19.0. The molecule has 24 heavy (non-hydrogen) atoms. The number of ether oxygens (including phenoxy) is 1. The molecule has 134 valence electrons. The number of quaternary nitrogens is 1. The normalized spacial score (nSPS) is 31.1. The minimum atomic E-state index is -0.377. The largest absolute Gasteiger partial charge is 0.517 e. The van der Waals surface area contributed by atoms with Gasteiger partial charge in [-0.1, -0.05) is 24.4 Å². The van der Waals surface area contributed by atoms with Gasteiger partial charge < -0.3 is 4.74 Å². The van der Waals surface area contributed by atoms with Crippen molar-refractivity contribution in [1.82, 2.24) is 9.80 Å². The van der Waals surface area contributed by atoms with Gasteiger partial charge in [0.1, 0.15) is 13.2 Å². The maximum atomic E-state index is 12.6. The van der Waals surface area contributed by atoms with Crippen LogP contribution in [0.2, 0.25) is 0 Å². The summed E-state index contributed by atoms with van der Waals surface area (Å²) in [6.45, 7) is 7.41. The van der Waals surface area contributed by atoms with E-state index < -0.39 is 0 Å². The fourth-order valence-electron chi connectivity index (χ4n) is 3.44. The first-order valence-corrected chi connectivity index (χ1v) is 8.94. The molecule has 0 N–H and O–H groups in total. The number of rotatable bonds is 4. The summed E-state index contributed by atoms with van der Waals surface area (Å²) in [5.74, 6) is 0.0168. The van der Waals surface area contributed by atoms with Crippen LogP contribution in [0.4, 0.5) is 4.79 Å². The minimum Gasteiger partial charge on any atom is -0.416 e. The Kier molecular flexibility index (Phi) is 6.06. The first-order chi connectivity index (χ1) is 11.3. The third-order valence-corrected chi connectivity index (χ3v) is 5.60. The second kappa shape index (κ2) is 7.67. The van der Waals surface area contributed by atoms with Gasteiger partial charge in [-0.25, -0.2) is 4.48 Å². The van der Waals surface area contributed by atoms with Crippen molar-refractivity contribution in [2.24, 2.45) is 0 Å². The summed E-state index contributed by atoms with van der Waals surface area (Å²) in [6.07, 6.45) is 1.47. The average Bonchev–Trinajstić information content (AvgIpc) is 2.81. The number of piperazine rings is 1. The summed E-state index contributed by atoms with van der Waals surface area (Å²) in [5, 5.41) is 0.0256. The fourth-order valence-corrected chi connectivity index (χ4v) is 4.56. The molecule has 8 heteroatoms. The zero-order valence-corrected chi connectivity index (χ0v) is 15.4. The summed E-state index contributed by atoms with van der Waals surface area (Å²) in [4.78, 5) is 40.4. The lowest BCUT2D eigenvalue weighted by molar-refractivity contribution is -0.860. The molecule has 2 aliphatic rings. The van der Waals surface area contributed by atoms with Crippen molar-refractivity contribution in [3.05, 3.63) is 12.7 Å². The highest BCUT2D eigenvalue weighted by atomic mass is 32.2. The molecule has 2 saturated heterocycles. The van der Waals surface area contributed by atoms with E-state index in [4.69, 9.17) is 4.74 Å². The molecule has 3 atom stereocenters. The maximum Gasteiger partial charge on any atom is 0.517 e. The van der Waals surface area contributed by atoms with Crippen LogP contribution in [-0.2, 0) is 14.3 Å². The number of thioether (sulfide) groups is 1. The maximum absolute atomic E-state index is 12.6. The molecule has 0 aromatic heterocycles. The van der Waals surface area contributed by atoms with Crippen LogP contribution in [0.1, 0.15) is 13.3 Å². The highest BCUT2D eigenvalue weighted by Crippen LogP contribution is 2.36. The molecule has 2 rings (SSSR count). The molecule has 0 aromatic carbocycles. The van der Waals surface area contributed by atoms with E-state index in [0.29, 0.717) is 26.1 Å². The Morgan fingerprint density at radius 1 is 1.46 bits per heavy atom. The Labute approximate surface area is 147 Å². The Bertz CT molecular complexity index is 541. The Morgan fingerprint density at radius 3 is 2.75 bits per heavy atom. The van der Waals surface area contributed by atoms with Gasteiger partial charge in [-0.05, 0) is 7.05 Å². The topological polar surface area (TPSA) is 66.9 Å². The zero-order chi connectivity index (χ0) is 17.9. The molecule has 2 heterocycles. The van der Waals surface area contributed by atoms with E-state index in [-0.39, 0.29) is 39.6 Å². The second-order valence-electron chi connectivity index (χ2n) is 6.59. The molecule has 0 bridgehead atoms. The van der Waals surface area contributed by atoms with Gasteiger partial charge in [-0.15, -0.1) is 0 Å². The average molecular weight is 356 g/mol. The molecular weight excluding hydrogens is 330 g/mol. The molecule has 0 aromatic rings. The fraction of sp³-hybridized carbons (Fsp3) is 0.688. The third-order valence-electron chi connectivity index (χ3n) is 4.60. The van der Waals surface area contributed by atoms with E-state index in [1.165, 1.54) is 24.8 Å². The number of likely N-dealkylation sites (tertiary alicyclic amines) is 1.